The van der Waals surface area contributed by atoms with Gasteiger partial charge in [-0.05, 0) is 0 Å². The summed E-state index contributed by atoms with van der Waals surface area (Å²) in [5, 5.41) is 0. The van der Waals surface area contributed by atoms with Crippen molar-refractivity contribution in [2.75, 3.05) is 0 Å². The van der Waals surface area contributed by atoms with Crippen molar-refractivity contribution in [2.24, 2.45) is 0 Å². The van der Waals surface area contributed by atoms with E-state index in [2.05, 4.69) is 0 Å². The first-order valence-corrected chi connectivity index (χ1v) is 0.548. The molecule has 7 heteroatoms. The van der Waals surface area contributed by atoms with Gasteiger partial charge in [-0.3, -0.25) is 0 Å². The molecule has 40 valence electrons. The van der Waals surface area contributed by atoms with Crippen LogP contribution in [0.3, 0.4) is 0 Å². The molecule has 0 aromatic heterocycles. The van der Waals surface area contributed by atoms with E-state index >= 15 is 0 Å². The van der Waals surface area contributed by atoms with Gasteiger partial charge < -0.3 is 31.5 Å². The number of hydrogen-bond donors (Lipinski definition) is 0. The topological polar surface area (TPSA) is 118 Å². The van der Waals surface area contributed by atoms with Crippen LogP contribution in [0.25, 0.3) is 16.8 Å². The minimum atomic E-state index is 0. The second kappa shape index (κ2) is 1250. The zero-order valence-corrected chi connectivity index (χ0v) is 5.37. The van der Waals surface area contributed by atoms with Crippen LogP contribution in [0.5, 0.6) is 0 Å². The molecule has 0 heterocycles. The molecule has 0 bridgehead atoms. The molecule has 0 rings (SSSR count). The SMILES string of the molecule is [Eu+3].[N-]=O.[N-]=O.[N-]=O. The largest absolute Gasteiger partial charge is 3.00 e. The summed E-state index contributed by atoms with van der Waals surface area (Å²) in [4.78, 5) is 21.8. The van der Waals surface area contributed by atoms with Crippen LogP contribution in [-0.4, -0.2) is 0 Å². The molecule has 0 aliphatic carbocycles. The normalized spacial score (nSPS) is 1.71. The van der Waals surface area contributed by atoms with Crippen molar-refractivity contribution < 1.29 is 49.4 Å². The Labute approximate surface area is 79.9 Å². The van der Waals surface area contributed by atoms with Gasteiger partial charge in [-0.2, -0.15) is 0 Å². The average Bonchev–Trinajstić information content (AvgIpc) is 1.81. The van der Waals surface area contributed by atoms with E-state index < -0.39 is 0 Å². The molecule has 0 fully saturated rings. The first-order valence-electron chi connectivity index (χ1n) is 0.548. The third-order valence-electron chi connectivity index (χ3n) is 0. The van der Waals surface area contributed by atoms with Crippen LogP contribution in [0.1, 0.15) is 0 Å². The van der Waals surface area contributed by atoms with Crippen LogP contribution >= 0.6 is 0 Å². The molecule has 0 aromatic rings. The third kappa shape index (κ3) is 831. The Kier molecular flexibility index (Phi) is 4700. The minimum absolute atomic E-state index is 0. The second-order valence-corrected chi connectivity index (χ2v) is 0. The monoisotopic (exact) mass is 243 g/mol. The Morgan fingerprint density at radius 3 is 0.571 bits per heavy atom. The smallest absolute Gasteiger partial charge is 0.577 e. The Hall–Kier alpha value is 0.384. The molecule has 0 N–H and O–H groups in total. The van der Waals surface area contributed by atoms with Crippen molar-refractivity contribution in [3.8, 4) is 0 Å². The predicted octanol–water partition coefficient (Wildman–Crippen LogP) is 0.967. The van der Waals surface area contributed by atoms with Crippen molar-refractivity contribution in [1.82, 2.24) is 0 Å². The standard InChI is InChI=1S/Eu.3NO/c;3*1-2/q+3;3*-1. The molecule has 0 unspecified atom stereocenters. The van der Waals surface area contributed by atoms with Gasteiger partial charge >= 0.3 is 49.4 Å². The average molecular weight is 242 g/mol. The van der Waals surface area contributed by atoms with Gasteiger partial charge in [0.05, 0.1) is 0 Å². The van der Waals surface area contributed by atoms with Gasteiger partial charge in [0.25, 0.3) is 0 Å². The quantitative estimate of drug-likeness (QED) is 0.629. The fourth-order valence-electron chi connectivity index (χ4n) is 0. The molecule has 0 saturated heterocycles. The molecule has 0 aliphatic heterocycles. The van der Waals surface area contributed by atoms with Crippen LogP contribution in [-0.2, 0) is 0 Å². The predicted molar refractivity (Wildman–Crippen MR) is 20.2 cm³/mol. The van der Waals surface area contributed by atoms with E-state index in [0.717, 1.165) is 0 Å². The van der Waals surface area contributed by atoms with Crippen molar-refractivity contribution in [2.45, 2.75) is 0 Å². The van der Waals surface area contributed by atoms with Gasteiger partial charge in [0.2, 0.25) is 0 Å². The molecule has 0 atom stereocenters. The minimum Gasteiger partial charge on any atom is -0.577 e. The zero-order chi connectivity index (χ0) is 6.00. The summed E-state index contributed by atoms with van der Waals surface area (Å²) in [6.07, 6.45) is 0. The summed E-state index contributed by atoms with van der Waals surface area (Å²) in [7, 11) is 0. The molecule has 0 aromatic carbocycles. The first-order chi connectivity index (χ1) is 3.00. The van der Waals surface area contributed by atoms with Crippen molar-refractivity contribution in [1.29, 1.82) is 0 Å². The van der Waals surface area contributed by atoms with Crippen LogP contribution in [0.2, 0.25) is 0 Å². The summed E-state index contributed by atoms with van der Waals surface area (Å²) >= 11 is 0. The van der Waals surface area contributed by atoms with Gasteiger partial charge in [-0.1, -0.05) is 0 Å². The fourth-order valence-corrected chi connectivity index (χ4v) is 0. The maximum absolute atomic E-state index is 7.25. The maximum atomic E-state index is 7.25. The number of nitrogens with zero attached hydrogens (tertiary/aromatic N) is 3. The van der Waals surface area contributed by atoms with E-state index in [0.29, 0.717) is 0 Å². The summed E-state index contributed by atoms with van der Waals surface area (Å²) in [6.45, 7) is 0. The Balaban J connectivity index is -0.00000000900. The Morgan fingerprint density at radius 2 is 0.571 bits per heavy atom. The molecule has 6 nitrogen and oxygen atoms in total. The third-order valence-corrected chi connectivity index (χ3v) is 0. The first kappa shape index (κ1) is 26.3. The number of rotatable bonds is 0. The number of nitroso groups, excluding NO2 is 3. The molecule has 0 spiro atoms. The summed E-state index contributed by atoms with van der Waals surface area (Å²) in [5.74, 6) is 0. The zero-order valence-electron chi connectivity index (χ0n) is 2.94. The molecule has 7 heavy (non-hydrogen) atoms. The maximum Gasteiger partial charge on any atom is 3.00 e. The second-order valence-electron chi connectivity index (χ2n) is 0. The Morgan fingerprint density at radius 1 is 0.571 bits per heavy atom. The van der Waals surface area contributed by atoms with Crippen molar-refractivity contribution >= 4 is 0 Å². The van der Waals surface area contributed by atoms with Gasteiger partial charge in [0, 0.05) is 0 Å². The van der Waals surface area contributed by atoms with E-state index in [4.69, 9.17) is 31.5 Å². The Bertz CT molecular complexity index is 14.9. The summed E-state index contributed by atoms with van der Waals surface area (Å²) in [6, 6.07) is 0. The fraction of sp³-hybridized carbons (Fsp3) is 0. The molecule has 0 saturated carbocycles. The molecular weight excluding hydrogens is 242 g/mol. The summed E-state index contributed by atoms with van der Waals surface area (Å²) in [5.41, 5.74) is 17.2. The van der Waals surface area contributed by atoms with E-state index in [1.807, 2.05) is 0 Å². The number of hydrogen-bond acceptors (Lipinski definition) is 3. The van der Waals surface area contributed by atoms with Crippen LogP contribution in [0.15, 0.2) is 0 Å². The van der Waals surface area contributed by atoms with Gasteiger partial charge in [-0.15, -0.1) is 0 Å². The van der Waals surface area contributed by atoms with Crippen LogP contribution in [0.4, 0.5) is 0 Å². The van der Waals surface area contributed by atoms with E-state index in [1.165, 1.54) is 0 Å². The van der Waals surface area contributed by atoms with Crippen LogP contribution in [0, 0.1) is 64.1 Å². The molecular formula is EuN3O3. The van der Waals surface area contributed by atoms with Gasteiger partial charge in [0.15, 0.2) is 0 Å². The molecule has 0 radical (unpaired) electrons. The van der Waals surface area contributed by atoms with E-state index in [9.17, 15) is 0 Å². The van der Waals surface area contributed by atoms with Gasteiger partial charge in [-0.25, -0.2) is 0 Å². The van der Waals surface area contributed by atoms with Gasteiger partial charge in [0.1, 0.15) is 0 Å². The van der Waals surface area contributed by atoms with Crippen LogP contribution < -0.4 is 0 Å². The molecule has 0 amide bonds. The summed E-state index contributed by atoms with van der Waals surface area (Å²) < 4.78 is 0. The van der Waals surface area contributed by atoms with Crippen molar-refractivity contribution in [3.63, 3.8) is 0 Å². The van der Waals surface area contributed by atoms with E-state index in [1.54, 1.807) is 0 Å². The van der Waals surface area contributed by atoms with E-state index in [-0.39, 0.29) is 49.4 Å². The van der Waals surface area contributed by atoms with Crippen molar-refractivity contribution in [3.05, 3.63) is 31.5 Å². The molecule has 0 aliphatic rings.